The minimum Gasteiger partial charge on any atom is -0.497 e. The van der Waals surface area contributed by atoms with Crippen molar-refractivity contribution in [2.45, 2.75) is 0 Å². The number of hydrogen-bond donors (Lipinski definition) is 0. The molecule has 0 unspecified atom stereocenters. The first-order valence-electron chi connectivity index (χ1n) is 9.89. The summed E-state index contributed by atoms with van der Waals surface area (Å²) in [5, 5.41) is 10.2. The molecule has 0 fully saturated rings. The van der Waals surface area contributed by atoms with Crippen LogP contribution in [0.2, 0.25) is 0 Å². The summed E-state index contributed by atoms with van der Waals surface area (Å²) in [6, 6.07) is 25.7. The van der Waals surface area contributed by atoms with Gasteiger partial charge in [0.1, 0.15) is 28.9 Å². The van der Waals surface area contributed by atoms with Gasteiger partial charge in [0, 0.05) is 23.7 Å². The Morgan fingerprint density at radius 1 is 1.00 bits per heavy atom. The second kappa shape index (κ2) is 7.51. The van der Waals surface area contributed by atoms with Gasteiger partial charge in [0.15, 0.2) is 5.82 Å². The Balaban J connectivity index is 1.75. The van der Waals surface area contributed by atoms with Crippen molar-refractivity contribution in [3.05, 3.63) is 95.8 Å². The number of benzene rings is 3. The van der Waals surface area contributed by atoms with Crippen LogP contribution >= 0.6 is 0 Å². The molecular weight excluding hydrogens is 386 g/mol. The van der Waals surface area contributed by atoms with Gasteiger partial charge < -0.3 is 14.0 Å². The van der Waals surface area contributed by atoms with Gasteiger partial charge in [0.05, 0.1) is 18.1 Å². The third-order valence-corrected chi connectivity index (χ3v) is 5.44. The molecule has 3 aromatic carbocycles. The number of rotatable bonds is 3. The molecule has 0 saturated carbocycles. The highest BCUT2D eigenvalue weighted by atomic mass is 16.5. The highest BCUT2D eigenvalue weighted by Gasteiger charge is 2.24. The third-order valence-electron chi connectivity index (χ3n) is 5.44. The van der Waals surface area contributed by atoms with Gasteiger partial charge in [-0.3, -0.25) is 0 Å². The molecule has 0 atom stereocenters. The van der Waals surface area contributed by atoms with E-state index in [1.165, 1.54) is 0 Å². The monoisotopic (exact) mass is 405 g/mol. The van der Waals surface area contributed by atoms with E-state index in [1.54, 1.807) is 7.11 Å². The van der Waals surface area contributed by atoms with Gasteiger partial charge in [-0.2, -0.15) is 5.26 Å². The Morgan fingerprint density at radius 3 is 2.48 bits per heavy atom. The number of aromatic nitrogens is 2. The molecule has 1 aliphatic rings. The number of allylic oxidation sites excluding steroid dienone is 3. The van der Waals surface area contributed by atoms with Crippen molar-refractivity contribution >= 4 is 27.9 Å². The number of nitriles is 1. The van der Waals surface area contributed by atoms with Crippen LogP contribution in [0.3, 0.4) is 0 Å². The lowest BCUT2D eigenvalue weighted by Crippen LogP contribution is -2.06. The standard InChI is InChI=1S/C26H19N3O2/c1-29-23-9-5-4-8-22(23)28-26(29)21(16-27)20-15-25(17-11-13-18(30-2)14-12-17)31-24-10-6-3-7-19(20)24/h3-15H,1-2H3/b21-20-. The zero-order chi connectivity index (χ0) is 21.4. The SMILES string of the molecule is COc1ccc(C2=C/C(=C(\C#N)c3nc4ccccc4n3C)c3ccccc3O2)cc1. The van der Waals surface area contributed by atoms with Crippen molar-refractivity contribution in [3.63, 3.8) is 0 Å². The molecule has 31 heavy (non-hydrogen) atoms. The number of methoxy groups -OCH3 is 1. The molecule has 1 aromatic heterocycles. The second-order valence-corrected chi connectivity index (χ2v) is 7.22. The molecule has 5 nitrogen and oxygen atoms in total. The number of hydrogen-bond acceptors (Lipinski definition) is 4. The van der Waals surface area contributed by atoms with E-state index < -0.39 is 0 Å². The largest absolute Gasteiger partial charge is 0.497 e. The maximum atomic E-state index is 10.2. The number of ether oxygens (including phenoxy) is 2. The van der Waals surface area contributed by atoms with Crippen molar-refractivity contribution in [3.8, 4) is 17.6 Å². The average molecular weight is 405 g/mol. The topological polar surface area (TPSA) is 60.1 Å². The molecular formula is C26H19N3O2. The molecule has 1 aliphatic heterocycles. The number of nitrogens with zero attached hydrogens (tertiary/aromatic N) is 3. The zero-order valence-corrected chi connectivity index (χ0v) is 17.2. The third kappa shape index (κ3) is 3.15. The van der Waals surface area contributed by atoms with E-state index in [9.17, 15) is 5.26 Å². The molecule has 0 spiro atoms. The predicted octanol–water partition coefficient (Wildman–Crippen LogP) is 5.45. The van der Waals surface area contributed by atoms with Crippen LogP contribution in [0.15, 0.2) is 78.9 Å². The van der Waals surface area contributed by atoms with Crippen LogP contribution in [-0.4, -0.2) is 16.7 Å². The summed E-state index contributed by atoms with van der Waals surface area (Å²) in [5.41, 5.74) is 4.88. The van der Waals surface area contributed by atoms with Gasteiger partial charge in [0.25, 0.3) is 0 Å². The van der Waals surface area contributed by atoms with E-state index in [-0.39, 0.29) is 0 Å². The van der Waals surface area contributed by atoms with Gasteiger partial charge in [-0.1, -0.05) is 30.3 Å². The van der Waals surface area contributed by atoms with E-state index in [0.717, 1.165) is 33.5 Å². The lowest BCUT2D eigenvalue weighted by atomic mass is 9.95. The summed E-state index contributed by atoms with van der Waals surface area (Å²) in [4.78, 5) is 4.75. The Hall–Kier alpha value is -4.30. The van der Waals surface area contributed by atoms with Gasteiger partial charge in [-0.05, 0) is 48.5 Å². The van der Waals surface area contributed by atoms with Crippen LogP contribution in [0.1, 0.15) is 17.0 Å². The number of imidazole rings is 1. The van der Waals surface area contributed by atoms with Gasteiger partial charge in [-0.25, -0.2) is 4.98 Å². The fourth-order valence-electron chi connectivity index (χ4n) is 3.84. The maximum Gasteiger partial charge on any atom is 0.152 e. The summed E-state index contributed by atoms with van der Waals surface area (Å²) in [6.07, 6.45) is 1.92. The van der Waals surface area contributed by atoms with E-state index in [0.29, 0.717) is 22.9 Å². The van der Waals surface area contributed by atoms with E-state index in [2.05, 4.69) is 6.07 Å². The first-order valence-corrected chi connectivity index (χ1v) is 9.89. The van der Waals surface area contributed by atoms with Crippen LogP contribution in [0.25, 0.3) is 27.9 Å². The van der Waals surface area contributed by atoms with Crippen LogP contribution < -0.4 is 9.47 Å². The minimum atomic E-state index is 0.500. The van der Waals surface area contributed by atoms with Crippen molar-refractivity contribution < 1.29 is 9.47 Å². The fourth-order valence-corrected chi connectivity index (χ4v) is 3.84. The van der Waals surface area contributed by atoms with Crippen LogP contribution in [0, 0.1) is 11.3 Å². The molecule has 5 heteroatoms. The Morgan fingerprint density at radius 2 is 1.74 bits per heavy atom. The first kappa shape index (κ1) is 18.7. The summed E-state index contributed by atoms with van der Waals surface area (Å²) in [5.74, 6) is 2.77. The summed E-state index contributed by atoms with van der Waals surface area (Å²) >= 11 is 0. The smallest absolute Gasteiger partial charge is 0.152 e. The average Bonchev–Trinajstić information content (AvgIpc) is 3.16. The molecule has 2 heterocycles. The molecule has 0 amide bonds. The fraction of sp³-hybridized carbons (Fsp3) is 0.0769. The first-order chi connectivity index (χ1) is 15.2. The molecule has 0 radical (unpaired) electrons. The normalized spacial score (nSPS) is 14.3. The van der Waals surface area contributed by atoms with Crippen molar-refractivity contribution in [2.75, 3.05) is 7.11 Å². The summed E-state index contributed by atoms with van der Waals surface area (Å²) in [7, 11) is 3.57. The molecule has 4 aromatic rings. The van der Waals surface area contributed by atoms with Crippen LogP contribution in [0.5, 0.6) is 11.5 Å². The highest BCUT2D eigenvalue weighted by molar-refractivity contribution is 6.05. The molecule has 5 rings (SSSR count). The van der Waals surface area contributed by atoms with Crippen molar-refractivity contribution in [1.29, 1.82) is 5.26 Å². The van der Waals surface area contributed by atoms with Crippen molar-refractivity contribution in [2.24, 2.45) is 7.05 Å². The van der Waals surface area contributed by atoms with Crippen LogP contribution in [0.4, 0.5) is 0 Å². The Bertz CT molecular complexity index is 1400. The van der Waals surface area contributed by atoms with Crippen LogP contribution in [-0.2, 0) is 7.05 Å². The van der Waals surface area contributed by atoms with Crippen molar-refractivity contribution in [1.82, 2.24) is 9.55 Å². The number of para-hydroxylation sites is 3. The Labute approximate surface area is 180 Å². The predicted molar refractivity (Wildman–Crippen MR) is 121 cm³/mol. The quantitative estimate of drug-likeness (QED) is 0.425. The van der Waals surface area contributed by atoms with Gasteiger partial charge in [0.2, 0.25) is 0 Å². The lowest BCUT2D eigenvalue weighted by Gasteiger charge is -2.21. The minimum absolute atomic E-state index is 0.500. The second-order valence-electron chi connectivity index (χ2n) is 7.22. The summed E-state index contributed by atoms with van der Waals surface area (Å²) < 4.78 is 13.4. The maximum absolute atomic E-state index is 10.2. The Kier molecular flexibility index (Phi) is 4.53. The van der Waals surface area contributed by atoms with E-state index in [1.807, 2.05) is 90.5 Å². The molecule has 0 N–H and O–H groups in total. The molecule has 150 valence electrons. The molecule has 0 bridgehead atoms. The highest BCUT2D eigenvalue weighted by Crippen LogP contribution is 2.40. The lowest BCUT2D eigenvalue weighted by molar-refractivity contribution is 0.414. The number of fused-ring (bicyclic) bond motifs is 2. The van der Waals surface area contributed by atoms with E-state index in [4.69, 9.17) is 14.5 Å². The molecule has 0 aliphatic carbocycles. The summed E-state index contributed by atoms with van der Waals surface area (Å²) in [6.45, 7) is 0. The molecule has 0 saturated heterocycles. The van der Waals surface area contributed by atoms with E-state index >= 15 is 0 Å². The van der Waals surface area contributed by atoms with Gasteiger partial charge in [-0.15, -0.1) is 0 Å². The van der Waals surface area contributed by atoms with Gasteiger partial charge >= 0.3 is 0 Å². The zero-order valence-electron chi connectivity index (χ0n) is 17.2. The number of aryl methyl sites for hydroxylation is 1.